The summed E-state index contributed by atoms with van der Waals surface area (Å²) in [5.41, 5.74) is -0.114. The largest absolute Gasteiger partial charge is 0.478 e. The van der Waals surface area contributed by atoms with Gasteiger partial charge in [-0.15, -0.1) is 0 Å². The van der Waals surface area contributed by atoms with Crippen LogP contribution < -0.4 is 5.56 Å². The molecule has 0 fully saturated rings. The van der Waals surface area contributed by atoms with Crippen molar-refractivity contribution in [1.82, 2.24) is 9.47 Å². The first-order chi connectivity index (χ1) is 7.41. The molecule has 6 heteroatoms. The Morgan fingerprint density at radius 3 is 2.69 bits per heavy atom. The zero-order chi connectivity index (χ0) is 12.3. The molecule has 0 amide bonds. The smallest absolute Gasteiger partial charge is 0.337 e. The normalized spacial score (nSPS) is 10.8. The van der Waals surface area contributed by atoms with Crippen LogP contribution in [0.3, 0.4) is 0 Å². The van der Waals surface area contributed by atoms with Crippen molar-refractivity contribution in [1.29, 1.82) is 0 Å². The van der Waals surface area contributed by atoms with Gasteiger partial charge in [0.1, 0.15) is 0 Å². The Balaban J connectivity index is 3.07. The van der Waals surface area contributed by atoms with Gasteiger partial charge in [-0.2, -0.15) is 0 Å². The van der Waals surface area contributed by atoms with Gasteiger partial charge in [0.25, 0.3) is 5.56 Å². The number of likely N-dealkylation sites (N-methyl/N-ethyl adjacent to an activating group) is 1. The summed E-state index contributed by atoms with van der Waals surface area (Å²) in [6, 6.07) is 1.32. The van der Waals surface area contributed by atoms with Crippen LogP contribution in [0.4, 0.5) is 0 Å². The molecular formula is C10H13BrN2O3. The maximum atomic E-state index is 11.7. The molecule has 0 bridgehead atoms. The van der Waals surface area contributed by atoms with Gasteiger partial charge >= 0.3 is 5.97 Å². The van der Waals surface area contributed by atoms with Crippen molar-refractivity contribution in [2.75, 3.05) is 20.6 Å². The molecule has 0 aliphatic carbocycles. The minimum Gasteiger partial charge on any atom is -0.478 e. The number of halogens is 1. The molecule has 1 heterocycles. The quantitative estimate of drug-likeness (QED) is 0.893. The Kier molecular flexibility index (Phi) is 4.26. The summed E-state index contributed by atoms with van der Waals surface area (Å²) in [5, 5.41) is 8.86. The van der Waals surface area contributed by atoms with Gasteiger partial charge in [0.05, 0.1) is 10.0 Å². The molecule has 0 aromatic carbocycles. The van der Waals surface area contributed by atoms with E-state index in [9.17, 15) is 9.59 Å². The molecule has 1 aromatic heterocycles. The van der Waals surface area contributed by atoms with E-state index in [0.29, 0.717) is 13.1 Å². The number of carboxylic acid groups (broad SMARTS) is 1. The van der Waals surface area contributed by atoms with Crippen LogP contribution in [0.1, 0.15) is 10.4 Å². The van der Waals surface area contributed by atoms with Gasteiger partial charge in [-0.25, -0.2) is 4.79 Å². The molecule has 0 saturated heterocycles. The van der Waals surface area contributed by atoms with Crippen molar-refractivity contribution >= 4 is 21.9 Å². The Morgan fingerprint density at radius 2 is 2.19 bits per heavy atom. The molecular weight excluding hydrogens is 276 g/mol. The predicted molar refractivity (Wildman–Crippen MR) is 63.9 cm³/mol. The third kappa shape index (κ3) is 3.18. The predicted octanol–water partition coefficient (Wildman–Crippen LogP) is 0.871. The van der Waals surface area contributed by atoms with E-state index in [-0.39, 0.29) is 15.6 Å². The van der Waals surface area contributed by atoms with Gasteiger partial charge in [-0.05, 0) is 36.1 Å². The molecule has 0 atom stereocenters. The van der Waals surface area contributed by atoms with Gasteiger partial charge in [0.2, 0.25) is 0 Å². The molecule has 1 rings (SSSR count). The van der Waals surface area contributed by atoms with Gasteiger partial charge in [-0.3, -0.25) is 4.79 Å². The third-order valence-corrected chi connectivity index (χ3v) is 2.65. The van der Waals surface area contributed by atoms with E-state index in [1.165, 1.54) is 16.8 Å². The molecule has 0 saturated carbocycles. The minimum atomic E-state index is -1.04. The maximum Gasteiger partial charge on any atom is 0.337 e. The molecule has 88 valence electrons. The van der Waals surface area contributed by atoms with Crippen molar-refractivity contribution in [2.24, 2.45) is 0 Å². The number of aromatic nitrogens is 1. The molecule has 0 spiro atoms. The molecule has 0 unspecified atom stereocenters. The van der Waals surface area contributed by atoms with Crippen molar-refractivity contribution in [3.63, 3.8) is 0 Å². The first-order valence-corrected chi connectivity index (χ1v) is 5.49. The maximum absolute atomic E-state index is 11.7. The van der Waals surface area contributed by atoms with Crippen LogP contribution in [-0.2, 0) is 6.54 Å². The SMILES string of the molecule is CN(C)CCn1cc(C(=O)O)cc(Br)c1=O. The van der Waals surface area contributed by atoms with E-state index in [2.05, 4.69) is 15.9 Å². The fraction of sp³-hybridized carbons (Fsp3) is 0.400. The van der Waals surface area contributed by atoms with E-state index in [0.717, 1.165) is 0 Å². The minimum absolute atomic E-state index is 0.102. The van der Waals surface area contributed by atoms with Crippen LogP contribution in [0.5, 0.6) is 0 Å². The molecule has 1 aromatic rings. The Hall–Kier alpha value is -1.14. The molecule has 0 aliphatic rings. The van der Waals surface area contributed by atoms with Crippen LogP contribution in [0.15, 0.2) is 21.5 Å². The molecule has 0 aliphatic heterocycles. The lowest BCUT2D eigenvalue weighted by Gasteiger charge is -2.12. The second-order valence-corrected chi connectivity index (χ2v) is 4.54. The lowest BCUT2D eigenvalue weighted by atomic mass is 10.3. The second kappa shape index (κ2) is 5.27. The number of carbonyl (C=O) groups is 1. The van der Waals surface area contributed by atoms with E-state index >= 15 is 0 Å². The average molecular weight is 289 g/mol. The molecule has 1 N–H and O–H groups in total. The van der Waals surface area contributed by atoms with E-state index in [1.54, 1.807) is 0 Å². The molecule has 5 nitrogen and oxygen atoms in total. The highest BCUT2D eigenvalue weighted by Gasteiger charge is 2.09. The summed E-state index contributed by atoms with van der Waals surface area (Å²) in [6.45, 7) is 1.14. The number of aromatic carboxylic acids is 1. The summed E-state index contributed by atoms with van der Waals surface area (Å²) in [7, 11) is 3.78. The highest BCUT2D eigenvalue weighted by Crippen LogP contribution is 2.07. The Morgan fingerprint density at radius 1 is 1.56 bits per heavy atom. The summed E-state index contributed by atoms with van der Waals surface area (Å²) < 4.78 is 1.67. The topological polar surface area (TPSA) is 62.5 Å². The zero-order valence-electron chi connectivity index (χ0n) is 9.11. The highest BCUT2D eigenvalue weighted by molar-refractivity contribution is 9.10. The average Bonchev–Trinajstić information content (AvgIpc) is 2.19. The highest BCUT2D eigenvalue weighted by atomic mass is 79.9. The number of nitrogens with zero attached hydrogens (tertiary/aromatic N) is 2. The second-order valence-electron chi connectivity index (χ2n) is 3.68. The van der Waals surface area contributed by atoms with Crippen LogP contribution in [0.25, 0.3) is 0 Å². The number of hydrogen-bond donors (Lipinski definition) is 1. The van der Waals surface area contributed by atoms with Crippen molar-refractivity contribution in [3.05, 3.63) is 32.7 Å². The molecule has 16 heavy (non-hydrogen) atoms. The fourth-order valence-corrected chi connectivity index (χ4v) is 1.66. The summed E-state index contributed by atoms with van der Waals surface area (Å²) >= 11 is 3.06. The van der Waals surface area contributed by atoms with Crippen LogP contribution >= 0.6 is 15.9 Å². The van der Waals surface area contributed by atoms with Crippen molar-refractivity contribution < 1.29 is 9.90 Å². The standard InChI is InChI=1S/C10H13BrN2O3/c1-12(2)3-4-13-6-7(10(15)16)5-8(11)9(13)14/h5-6H,3-4H2,1-2H3,(H,15,16). The number of rotatable bonds is 4. The number of hydrogen-bond acceptors (Lipinski definition) is 3. The van der Waals surface area contributed by atoms with E-state index in [4.69, 9.17) is 5.11 Å². The van der Waals surface area contributed by atoms with Crippen molar-refractivity contribution in [2.45, 2.75) is 6.54 Å². The van der Waals surface area contributed by atoms with Gasteiger partial charge in [0, 0.05) is 19.3 Å². The van der Waals surface area contributed by atoms with Crippen molar-refractivity contribution in [3.8, 4) is 0 Å². The number of pyridine rings is 1. The van der Waals surface area contributed by atoms with Gasteiger partial charge in [0.15, 0.2) is 0 Å². The fourth-order valence-electron chi connectivity index (χ4n) is 1.19. The van der Waals surface area contributed by atoms with Gasteiger partial charge < -0.3 is 14.6 Å². The summed E-state index contributed by atoms with van der Waals surface area (Å²) in [4.78, 5) is 24.4. The number of carboxylic acids is 1. The zero-order valence-corrected chi connectivity index (χ0v) is 10.7. The van der Waals surface area contributed by atoms with E-state index in [1.807, 2.05) is 19.0 Å². The van der Waals surface area contributed by atoms with Crippen LogP contribution in [0, 0.1) is 0 Å². The lowest BCUT2D eigenvalue weighted by Crippen LogP contribution is -2.27. The Bertz CT molecular complexity index is 454. The monoisotopic (exact) mass is 288 g/mol. The first-order valence-electron chi connectivity index (χ1n) is 4.70. The summed E-state index contributed by atoms with van der Waals surface area (Å²) in [5.74, 6) is -1.04. The lowest BCUT2D eigenvalue weighted by molar-refractivity contribution is 0.0695. The molecule has 0 radical (unpaired) electrons. The van der Waals surface area contributed by atoms with Gasteiger partial charge in [-0.1, -0.05) is 0 Å². The van der Waals surface area contributed by atoms with E-state index < -0.39 is 5.97 Å². The first kappa shape index (κ1) is 12.9. The third-order valence-electron chi connectivity index (χ3n) is 2.08. The van der Waals surface area contributed by atoms with Crippen LogP contribution in [0.2, 0.25) is 0 Å². The Labute approximate surface area is 101 Å². The van der Waals surface area contributed by atoms with Crippen LogP contribution in [-0.4, -0.2) is 41.2 Å². The summed E-state index contributed by atoms with van der Waals surface area (Å²) in [6.07, 6.45) is 1.36.